The molecule has 2 amide bonds. The highest BCUT2D eigenvalue weighted by atomic mass is 19.1. The second kappa shape index (κ2) is 16.2. The van der Waals surface area contributed by atoms with Gasteiger partial charge in [-0.05, 0) is 94.8 Å². The molecule has 56 heavy (non-hydrogen) atoms. The van der Waals surface area contributed by atoms with Gasteiger partial charge in [0.2, 0.25) is 0 Å². The molecule has 1 atom stereocenters. The predicted octanol–water partition coefficient (Wildman–Crippen LogP) is 10.2. The van der Waals surface area contributed by atoms with Crippen molar-refractivity contribution in [3.8, 4) is 17.1 Å². The number of aryl methyl sites for hydroxylation is 2. The summed E-state index contributed by atoms with van der Waals surface area (Å²) in [5.74, 6) is 0.987. The fourth-order valence-corrected chi connectivity index (χ4v) is 6.08. The first-order valence-corrected chi connectivity index (χ1v) is 18.5. The van der Waals surface area contributed by atoms with Gasteiger partial charge in [0.1, 0.15) is 35.4 Å². The average molecular weight is 759 g/mol. The zero-order valence-corrected chi connectivity index (χ0v) is 33.0. The van der Waals surface area contributed by atoms with Crippen LogP contribution in [0.3, 0.4) is 0 Å². The Balaban J connectivity index is 1.42. The Morgan fingerprint density at radius 2 is 1.50 bits per heavy atom. The minimum Gasteiger partial charge on any atom is -0.489 e. The fourth-order valence-electron chi connectivity index (χ4n) is 6.08. The molecule has 4 aromatic carbocycles. The lowest BCUT2D eigenvalue weighted by Crippen LogP contribution is -2.44. The van der Waals surface area contributed by atoms with Crippen molar-refractivity contribution in [3.63, 3.8) is 0 Å². The van der Waals surface area contributed by atoms with E-state index in [1.54, 1.807) is 71.5 Å². The molecule has 12 heteroatoms. The summed E-state index contributed by atoms with van der Waals surface area (Å²) in [7, 11) is 1.78. The van der Waals surface area contributed by atoms with Crippen molar-refractivity contribution in [3.05, 3.63) is 132 Å². The lowest BCUT2D eigenvalue weighted by atomic mass is 9.99. The first kappa shape index (κ1) is 39.4. The van der Waals surface area contributed by atoms with Gasteiger partial charge in [0, 0.05) is 41.5 Å². The fraction of sp³-hybridized carbons (Fsp3) is 0.295. The van der Waals surface area contributed by atoms with E-state index in [9.17, 15) is 9.59 Å². The minimum absolute atomic E-state index is 0.0413. The number of benzene rings is 4. The third kappa shape index (κ3) is 9.31. The number of ether oxygens (including phenoxy) is 3. The SMILES string of the molecule is CCc1cc(C(Nc2ccc3c(N(C(=O)OC(C)(C)C)C(=O)OC(C)(C)C)nccc3c2)c2nc(-c3ccccc3)nn2C)c(F)cc1OCc1ccccc1. The standard InChI is InChI=1S/C44H47FN6O5/c1-9-29-25-34(35(45)26-36(29)54-27-28-16-12-10-13-17-28)37(40-48-38(49-50(40)8)30-18-14-11-15-19-30)47-32-20-21-33-31(24-32)22-23-46-39(33)51(41(52)55-43(2,3)4)42(53)56-44(5,6)7/h10-26,37,47H,9,27H2,1-8H3. The number of halogens is 1. The van der Waals surface area contributed by atoms with E-state index in [-0.39, 0.29) is 5.82 Å². The molecule has 6 rings (SSSR count). The van der Waals surface area contributed by atoms with Crippen LogP contribution in [-0.4, -0.2) is 43.1 Å². The van der Waals surface area contributed by atoms with Crippen LogP contribution in [-0.2, 0) is 29.5 Å². The van der Waals surface area contributed by atoms with Gasteiger partial charge in [0.05, 0.1) is 0 Å². The van der Waals surface area contributed by atoms with Crippen molar-refractivity contribution in [2.75, 3.05) is 10.2 Å². The van der Waals surface area contributed by atoms with Crippen LogP contribution >= 0.6 is 0 Å². The molecule has 0 saturated heterocycles. The van der Waals surface area contributed by atoms with Crippen molar-refractivity contribution in [2.45, 2.75) is 78.7 Å². The van der Waals surface area contributed by atoms with Gasteiger partial charge < -0.3 is 19.5 Å². The molecule has 1 N–H and O–H groups in total. The van der Waals surface area contributed by atoms with E-state index >= 15 is 4.39 Å². The maximum atomic E-state index is 16.5. The molecule has 1 unspecified atom stereocenters. The molecule has 0 aliphatic carbocycles. The topological polar surface area (TPSA) is 121 Å². The summed E-state index contributed by atoms with van der Waals surface area (Å²) in [5, 5.41) is 9.34. The number of carbonyl (C=O) groups is 2. The van der Waals surface area contributed by atoms with E-state index in [2.05, 4.69) is 10.3 Å². The molecule has 0 radical (unpaired) electrons. The molecule has 0 aliphatic heterocycles. The molecular formula is C44H47FN6O5. The van der Waals surface area contributed by atoms with Crippen LogP contribution in [0.2, 0.25) is 0 Å². The summed E-state index contributed by atoms with van der Waals surface area (Å²) < 4.78 is 35.5. The zero-order valence-electron chi connectivity index (χ0n) is 33.0. The van der Waals surface area contributed by atoms with Gasteiger partial charge in [0.15, 0.2) is 17.5 Å². The summed E-state index contributed by atoms with van der Waals surface area (Å²) in [6, 6.07) is 28.8. The normalized spacial score (nSPS) is 12.2. The van der Waals surface area contributed by atoms with Gasteiger partial charge in [0.25, 0.3) is 0 Å². The molecule has 290 valence electrons. The lowest BCUT2D eigenvalue weighted by molar-refractivity contribution is 0.0429. The predicted molar refractivity (Wildman–Crippen MR) is 215 cm³/mol. The summed E-state index contributed by atoms with van der Waals surface area (Å²) in [6.45, 7) is 12.5. The number of nitrogens with one attached hydrogen (secondary N) is 1. The van der Waals surface area contributed by atoms with Gasteiger partial charge in [-0.25, -0.2) is 23.9 Å². The average Bonchev–Trinajstić information content (AvgIpc) is 3.53. The maximum Gasteiger partial charge on any atom is 0.425 e. The van der Waals surface area contributed by atoms with E-state index in [0.29, 0.717) is 52.4 Å². The van der Waals surface area contributed by atoms with Gasteiger partial charge in [-0.3, -0.25) is 4.68 Å². The minimum atomic E-state index is -0.927. The smallest absolute Gasteiger partial charge is 0.425 e. The molecule has 6 aromatic rings. The van der Waals surface area contributed by atoms with Crippen molar-refractivity contribution < 1.29 is 28.2 Å². The monoisotopic (exact) mass is 758 g/mol. The molecule has 2 heterocycles. The quantitative estimate of drug-likeness (QED) is 0.146. The van der Waals surface area contributed by atoms with E-state index in [0.717, 1.165) is 21.6 Å². The lowest BCUT2D eigenvalue weighted by Gasteiger charge is -2.28. The van der Waals surface area contributed by atoms with Crippen molar-refractivity contribution in [1.29, 1.82) is 0 Å². The van der Waals surface area contributed by atoms with Crippen LogP contribution in [0, 0.1) is 5.82 Å². The highest BCUT2D eigenvalue weighted by Crippen LogP contribution is 2.36. The first-order valence-electron chi connectivity index (χ1n) is 18.5. The Morgan fingerprint density at radius 3 is 2.12 bits per heavy atom. The first-order chi connectivity index (χ1) is 26.6. The molecule has 0 bridgehead atoms. The third-order valence-electron chi connectivity index (χ3n) is 8.61. The number of hydrogen-bond donors (Lipinski definition) is 1. The Labute approximate surface area is 326 Å². The number of hydrogen-bond acceptors (Lipinski definition) is 9. The third-order valence-corrected chi connectivity index (χ3v) is 8.61. The highest BCUT2D eigenvalue weighted by Gasteiger charge is 2.35. The second-order valence-corrected chi connectivity index (χ2v) is 15.3. The molecule has 0 saturated carbocycles. The van der Waals surface area contributed by atoms with Crippen molar-refractivity contribution in [2.24, 2.45) is 7.05 Å². The number of carbonyl (C=O) groups excluding carboxylic acids is 2. The number of anilines is 2. The van der Waals surface area contributed by atoms with Crippen LogP contribution in [0.15, 0.2) is 103 Å². The van der Waals surface area contributed by atoms with Gasteiger partial charge >= 0.3 is 12.2 Å². The highest BCUT2D eigenvalue weighted by molar-refractivity contribution is 6.14. The molecule has 0 aliphatic rings. The van der Waals surface area contributed by atoms with Gasteiger partial charge in [-0.15, -0.1) is 0 Å². The van der Waals surface area contributed by atoms with E-state index in [1.165, 1.54) is 12.3 Å². The van der Waals surface area contributed by atoms with E-state index in [1.807, 2.05) is 79.7 Å². The molecule has 11 nitrogen and oxygen atoms in total. The number of pyridine rings is 1. The number of amides is 2. The maximum absolute atomic E-state index is 16.5. The summed E-state index contributed by atoms with van der Waals surface area (Å²) >= 11 is 0. The number of fused-ring (bicyclic) bond motifs is 1. The van der Waals surface area contributed by atoms with Crippen LogP contribution in [0.4, 0.5) is 25.5 Å². The van der Waals surface area contributed by atoms with Crippen LogP contribution in [0.5, 0.6) is 5.75 Å². The molecular weight excluding hydrogens is 712 g/mol. The van der Waals surface area contributed by atoms with Crippen molar-refractivity contribution >= 4 is 34.5 Å². The molecule has 0 fully saturated rings. The Bertz CT molecular complexity index is 2310. The molecule has 2 aromatic heterocycles. The number of nitrogens with zero attached hydrogens (tertiary/aromatic N) is 5. The summed E-state index contributed by atoms with van der Waals surface area (Å²) in [5.41, 5.74) is 1.78. The number of aromatic nitrogens is 4. The Hall–Kier alpha value is -6.30. The summed E-state index contributed by atoms with van der Waals surface area (Å²) in [4.78, 5) is 37.2. The molecule has 0 spiro atoms. The van der Waals surface area contributed by atoms with Crippen molar-refractivity contribution in [1.82, 2.24) is 19.7 Å². The van der Waals surface area contributed by atoms with E-state index in [4.69, 9.17) is 24.3 Å². The van der Waals surface area contributed by atoms with Gasteiger partial charge in [-0.1, -0.05) is 67.6 Å². The largest absolute Gasteiger partial charge is 0.489 e. The second-order valence-electron chi connectivity index (χ2n) is 15.3. The Kier molecular flexibility index (Phi) is 11.4. The van der Waals surface area contributed by atoms with Gasteiger partial charge in [-0.2, -0.15) is 10.00 Å². The van der Waals surface area contributed by atoms with E-state index < -0.39 is 35.2 Å². The zero-order chi connectivity index (χ0) is 40.2. The van der Waals surface area contributed by atoms with Crippen LogP contribution < -0.4 is 15.0 Å². The number of imide groups is 1. The Morgan fingerprint density at radius 1 is 0.857 bits per heavy atom. The number of rotatable bonds is 10. The van der Waals surface area contributed by atoms with Crippen LogP contribution in [0.25, 0.3) is 22.2 Å². The summed E-state index contributed by atoms with van der Waals surface area (Å²) in [6.07, 6.45) is 0.236. The van der Waals surface area contributed by atoms with Crippen LogP contribution in [0.1, 0.15) is 77.0 Å².